The van der Waals surface area contributed by atoms with Crippen molar-refractivity contribution in [2.75, 3.05) is 5.75 Å². The minimum atomic E-state index is -0.825. The maximum absolute atomic E-state index is 12.8. The zero-order valence-electron chi connectivity index (χ0n) is 14.9. The number of fused-ring (bicyclic) bond motifs is 2. The zero-order chi connectivity index (χ0) is 15.0. The van der Waals surface area contributed by atoms with Crippen LogP contribution in [0.2, 0.25) is 0 Å². The summed E-state index contributed by atoms with van der Waals surface area (Å²) in [5.41, 5.74) is 1.59. The number of rotatable bonds is 2. The molecule has 3 unspecified atom stereocenters. The van der Waals surface area contributed by atoms with E-state index in [1.54, 1.807) is 24.8 Å². The Morgan fingerprint density at radius 1 is 1.36 bits per heavy atom. The summed E-state index contributed by atoms with van der Waals surface area (Å²) in [4.78, 5) is 24.9. The van der Waals surface area contributed by atoms with Crippen LogP contribution < -0.4 is 0 Å². The van der Waals surface area contributed by atoms with Gasteiger partial charge in [0.05, 0.1) is 5.92 Å². The van der Waals surface area contributed by atoms with Gasteiger partial charge in [-0.2, -0.15) is 0 Å². The molecule has 1 aliphatic heterocycles. The van der Waals surface area contributed by atoms with E-state index in [4.69, 9.17) is 5.11 Å². The van der Waals surface area contributed by atoms with E-state index in [0.717, 1.165) is 41.0 Å². The molecule has 1 fully saturated rings. The molecule has 1 saturated carbocycles. The normalized spacial score (nSPS) is 25.2. The minimum Gasteiger partial charge on any atom is -1.00 e. The van der Waals surface area contributed by atoms with Crippen molar-refractivity contribution >= 4 is 61.3 Å². The quantitative estimate of drug-likeness (QED) is 0.827. The van der Waals surface area contributed by atoms with Gasteiger partial charge >= 0.3 is 43.7 Å². The summed E-state index contributed by atoms with van der Waals surface area (Å²) in [5.74, 6) is 0.562. The molecule has 1 N–H and O–H groups in total. The largest absolute Gasteiger partial charge is 2.00 e. The van der Waals surface area contributed by atoms with Gasteiger partial charge in [-0.1, -0.05) is 18.9 Å². The maximum atomic E-state index is 12.8. The van der Waals surface area contributed by atoms with Crippen molar-refractivity contribution in [2.45, 2.75) is 43.4 Å². The number of aliphatic carboxylic acids is 1. The third kappa shape index (κ3) is 3.55. The van der Waals surface area contributed by atoms with Gasteiger partial charge < -0.3 is 7.96 Å². The SMILES string of the molecule is CC(C(=O)O)c1ccc2c(c1)SCC1CCCCC1C2=O.[Ca+2].[H-].[H-]. The Balaban J connectivity index is 0.00000176. The summed E-state index contributed by atoms with van der Waals surface area (Å²) in [5, 5.41) is 9.14. The van der Waals surface area contributed by atoms with E-state index < -0.39 is 11.9 Å². The first kappa shape index (κ1) is 18.3. The molecule has 0 bridgehead atoms. The Kier molecular flexibility index (Phi) is 6.40. The topological polar surface area (TPSA) is 54.4 Å². The van der Waals surface area contributed by atoms with Gasteiger partial charge in [0.1, 0.15) is 0 Å². The molecule has 0 amide bonds. The van der Waals surface area contributed by atoms with Crippen LogP contribution in [0.1, 0.15) is 57.3 Å². The van der Waals surface area contributed by atoms with Crippen LogP contribution in [0.15, 0.2) is 23.1 Å². The molecular weight excluding hydrogens is 324 g/mol. The Morgan fingerprint density at radius 3 is 2.82 bits per heavy atom. The van der Waals surface area contributed by atoms with E-state index in [9.17, 15) is 9.59 Å². The van der Waals surface area contributed by atoms with Crippen LogP contribution >= 0.6 is 11.8 Å². The first-order chi connectivity index (χ1) is 10.1. The molecule has 1 aromatic rings. The van der Waals surface area contributed by atoms with E-state index in [1.165, 1.54) is 6.42 Å². The summed E-state index contributed by atoms with van der Waals surface area (Å²) < 4.78 is 0. The number of carboxylic acid groups (broad SMARTS) is 1. The molecule has 22 heavy (non-hydrogen) atoms. The molecule has 3 nitrogen and oxygen atoms in total. The molecule has 116 valence electrons. The molecule has 3 rings (SSSR count). The molecule has 2 aliphatic rings. The monoisotopic (exact) mass is 346 g/mol. The number of Topliss-reactive ketones (excluding diaryl/α,β-unsaturated/α-hetero) is 1. The second-order valence-corrected chi connectivity index (χ2v) is 7.20. The fraction of sp³-hybridized carbons (Fsp3) is 0.529. The first-order valence-corrected chi connectivity index (χ1v) is 8.60. The van der Waals surface area contributed by atoms with Gasteiger partial charge in [-0.25, -0.2) is 0 Å². The molecule has 1 aliphatic carbocycles. The molecule has 1 aromatic carbocycles. The van der Waals surface area contributed by atoms with Crippen LogP contribution in [0, 0.1) is 11.8 Å². The van der Waals surface area contributed by atoms with E-state index >= 15 is 0 Å². The average molecular weight is 347 g/mol. The smallest absolute Gasteiger partial charge is 1.00 e. The van der Waals surface area contributed by atoms with E-state index in [-0.39, 0.29) is 52.3 Å². The predicted octanol–water partition coefficient (Wildman–Crippen LogP) is 3.81. The maximum Gasteiger partial charge on any atom is 2.00 e. The Hall–Kier alpha value is -0.0303. The number of carbonyl (C=O) groups is 2. The van der Waals surface area contributed by atoms with Gasteiger partial charge in [0.15, 0.2) is 5.78 Å². The van der Waals surface area contributed by atoms with E-state index in [1.807, 2.05) is 12.1 Å². The number of hydrogen-bond acceptors (Lipinski definition) is 3. The van der Waals surface area contributed by atoms with Crippen molar-refractivity contribution in [2.24, 2.45) is 11.8 Å². The molecule has 0 aromatic heterocycles. The third-order valence-electron chi connectivity index (χ3n) is 4.84. The van der Waals surface area contributed by atoms with Crippen molar-refractivity contribution in [1.29, 1.82) is 0 Å². The molecule has 0 radical (unpaired) electrons. The van der Waals surface area contributed by atoms with Crippen molar-refractivity contribution in [3.63, 3.8) is 0 Å². The number of thioether (sulfide) groups is 1. The van der Waals surface area contributed by atoms with Crippen molar-refractivity contribution in [1.82, 2.24) is 0 Å². The standard InChI is InChI=1S/C17H20O3S.Ca.2H/c1-10(17(19)20)11-6-7-14-15(8-11)21-9-12-4-2-3-5-13(12)16(14)18;;;/h6-8,10,12-13H,2-5,9H2,1H3,(H,19,20);;;/q;+2;2*-1. The summed E-state index contributed by atoms with van der Waals surface area (Å²) in [6.45, 7) is 1.69. The number of benzene rings is 1. The molecule has 0 saturated heterocycles. The van der Waals surface area contributed by atoms with Gasteiger partial charge in [0.25, 0.3) is 0 Å². The Labute approximate surface area is 168 Å². The van der Waals surface area contributed by atoms with Crippen molar-refractivity contribution in [3.8, 4) is 0 Å². The first-order valence-electron chi connectivity index (χ1n) is 7.61. The fourth-order valence-corrected chi connectivity index (χ4v) is 4.76. The molecule has 5 heteroatoms. The average Bonchev–Trinajstić information content (AvgIpc) is 2.64. The predicted molar refractivity (Wildman–Crippen MR) is 91.0 cm³/mol. The molecule has 1 heterocycles. The summed E-state index contributed by atoms with van der Waals surface area (Å²) >= 11 is 1.73. The van der Waals surface area contributed by atoms with E-state index in [0.29, 0.717) is 5.92 Å². The summed E-state index contributed by atoms with van der Waals surface area (Å²) in [6, 6.07) is 5.56. The van der Waals surface area contributed by atoms with Crippen LogP contribution in [0.25, 0.3) is 0 Å². The number of hydrogen-bond donors (Lipinski definition) is 1. The van der Waals surface area contributed by atoms with Gasteiger partial charge in [-0.05, 0) is 43.4 Å². The van der Waals surface area contributed by atoms with E-state index in [2.05, 4.69) is 0 Å². The number of carbonyl (C=O) groups excluding carboxylic acids is 1. The molecule has 3 atom stereocenters. The summed E-state index contributed by atoms with van der Waals surface area (Å²) in [6.07, 6.45) is 4.54. The fourth-order valence-electron chi connectivity index (χ4n) is 3.42. The van der Waals surface area contributed by atoms with Crippen LogP contribution in [-0.4, -0.2) is 60.4 Å². The second kappa shape index (κ2) is 7.69. The molecule has 0 spiro atoms. The minimum absolute atomic E-state index is 0. The number of carboxylic acids is 1. The van der Waals surface area contributed by atoms with Crippen LogP contribution in [0.5, 0.6) is 0 Å². The number of ketones is 1. The Bertz CT molecular complexity index is 597. The van der Waals surface area contributed by atoms with Crippen LogP contribution in [0.3, 0.4) is 0 Å². The zero-order valence-corrected chi connectivity index (χ0v) is 15.9. The van der Waals surface area contributed by atoms with Crippen LogP contribution in [0.4, 0.5) is 0 Å². The third-order valence-corrected chi connectivity index (χ3v) is 6.08. The molecular formula is C17H22CaO3S. The van der Waals surface area contributed by atoms with Gasteiger partial charge in [0.2, 0.25) is 0 Å². The van der Waals surface area contributed by atoms with Crippen molar-refractivity contribution < 1.29 is 17.5 Å². The van der Waals surface area contributed by atoms with Crippen molar-refractivity contribution in [3.05, 3.63) is 29.3 Å². The Morgan fingerprint density at radius 2 is 2.09 bits per heavy atom. The van der Waals surface area contributed by atoms with Gasteiger partial charge in [0, 0.05) is 22.1 Å². The van der Waals surface area contributed by atoms with Crippen LogP contribution in [-0.2, 0) is 4.79 Å². The summed E-state index contributed by atoms with van der Waals surface area (Å²) in [7, 11) is 0. The van der Waals surface area contributed by atoms with Gasteiger partial charge in [-0.15, -0.1) is 11.8 Å². The van der Waals surface area contributed by atoms with Gasteiger partial charge in [-0.3, -0.25) is 9.59 Å². The second-order valence-electron chi connectivity index (χ2n) is 6.14.